The number of halogens is 1. The summed E-state index contributed by atoms with van der Waals surface area (Å²) in [5.41, 5.74) is 0.0371. The maximum atomic E-state index is 13.7. The Hall–Kier alpha value is -2.32. The lowest BCUT2D eigenvalue weighted by Crippen LogP contribution is -2.46. The summed E-state index contributed by atoms with van der Waals surface area (Å²) in [6, 6.07) is 10.3. The van der Waals surface area contributed by atoms with Crippen LogP contribution in [0.3, 0.4) is 0 Å². The van der Waals surface area contributed by atoms with Crippen molar-refractivity contribution in [3.8, 4) is 0 Å². The number of piperidine rings is 1. The van der Waals surface area contributed by atoms with Crippen LogP contribution in [-0.4, -0.2) is 43.3 Å². The van der Waals surface area contributed by atoms with Crippen molar-refractivity contribution >= 4 is 15.9 Å². The third-order valence-electron chi connectivity index (χ3n) is 4.12. The van der Waals surface area contributed by atoms with Crippen LogP contribution in [0.15, 0.2) is 53.7 Å². The van der Waals surface area contributed by atoms with Crippen molar-refractivity contribution in [2.75, 3.05) is 13.1 Å². The molecule has 0 atom stereocenters. The molecule has 0 spiro atoms. The Bertz CT molecular complexity index is 850. The largest absolute Gasteiger partial charge is 0.338 e. The van der Waals surface area contributed by atoms with Gasteiger partial charge in [-0.3, -0.25) is 4.79 Å². The fourth-order valence-electron chi connectivity index (χ4n) is 2.79. The van der Waals surface area contributed by atoms with Gasteiger partial charge >= 0.3 is 0 Å². The predicted octanol–water partition coefficient (Wildman–Crippen LogP) is 1.80. The number of hydrogen-bond donors (Lipinski definition) is 1. The zero-order valence-corrected chi connectivity index (χ0v) is 14.2. The fraction of sp³-hybridized carbons (Fsp3) is 0.294. The molecule has 6 nitrogen and oxygen atoms in total. The molecule has 0 bridgehead atoms. The molecule has 1 saturated heterocycles. The number of aromatic nitrogens is 1. The van der Waals surface area contributed by atoms with E-state index < -0.39 is 15.8 Å². The van der Waals surface area contributed by atoms with Gasteiger partial charge in [-0.05, 0) is 37.1 Å². The molecule has 1 fully saturated rings. The minimum Gasteiger partial charge on any atom is -0.338 e. The Balaban J connectivity index is 1.61. The first-order chi connectivity index (χ1) is 12.0. The van der Waals surface area contributed by atoms with Gasteiger partial charge in [-0.25, -0.2) is 22.5 Å². The van der Waals surface area contributed by atoms with E-state index in [0.29, 0.717) is 25.9 Å². The number of likely N-dealkylation sites (tertiary alicyclic amines) is 1. The highest BCUT2D eigenvalue weighted by Crippen LogP contribution is 2.17. The quantitative estimate of drug-likeness (QED) is 0.898. The van der Waals surface area contributed by atoms with Gasteiger partial charge in [0.15, 0.2) is 5.03 Å². The van der Waals surface area contributed by atoms with Crippen LogP contribution < -0.4 is 4.72 Å². The van der Waals surface area contributed by atoms with Gasteiger partial charge in [-0.2, -0.15) is 0 Å². The van der Waals surface area contributed by atoms with E-state index in [4.69, 9.17) is 0 Å². The lowest BCUT2D eigenvalue weighted by molar-refractivity contribution is 0.0706. The second-order valence-corrected chi connectivity index (χ2v) is 7.50. The van der Waals surface area contributed by atoms with E-state index in [1.807, 2.05) is 0 Å². The Labute approximate surface area is 145 Å². The maximum absolute atomic E-state index is 13.7. The predicted molar refractivity (Wildman–Crippen MR) is 89.9 cm³/mol. The summed E-state index contributed by atoms with van der Waals surface area (Å²) in [5, 5.41) is -0.0279. The second kappa shape index (κ2) is 7.28. The van der Waals surface area contributed by atoms with Gasteiger partial charge in [0.2, 0.25) is 0 Å². The van der Waals surface area contributed by atoms with Gasteiger partial charge in [0, 0.05) is 25.3 Å². The van der Waals surface area contributed by atoms with Crippen LogP contribution in [0.5, 0.6) is 0 Å². The highest BCUT2D eigenvalue weighted by atomic mass is 32.2. The molecule has 25 heavy (non-hydrogen) atoms. The number of amides is 1. The first-order valence-corrected chi connectivity index (χ1v) is 9.43. The van der Waals surface area contributed by atoms with Crippen LogP contribution in [0.1, 0.15) is 23.2 Å². The van der Waals surface area contributed by atoms with E-state index in [2.05, 4.69) is 9.71 Å². The first-order valence-electron chi connectivity index (χ1n) is 7.94. The number of rotatable bonds is 4. The van der Waals surface area contributed by atoms with E-state index >= 15 is 0 Å². The molecule has 0 unspecified atom stereocenters. The third-order valence-corrected chi connectivity index (χ3v) is 5.56. The van der Waals surface area contributed by atoms with Crippen molar-refractivity contribution in [2.24, 2.45) is 0 Å². The highest BCUT2D eigenvalue weighted by Gasteiger charge is 2.28. The van der Waals surface area contributed by atoms with Crippen molar-refractivity contribution in [3.05, 3.63) is 60.0 Å². The number of nitrogens with zero attached hydrogens (tertiary/aromatic N) is 2. The zero-order valence-electron chi connectivity index (χ0n) is 13.4. The Morgan fingerprint density at radius 3 is 2.44 bits per heavy atom. The Kier molecular flexibility index (Phi) is 5.10. The van der Waals surface area contributed by atoms with Crippen LogP contribution in [-0.2, 0) is 10.0 Å². The van der Waals surface area contributed by atoms with E-state index in [1.54, 1.807) is 23.1 Å². The van der Waals surface area contributed by atoms with Gasteiger partial charge in [0.05, 0.1) is 5.56 Å². The van der Waals surface area contributed by atoms with Crippen molar-refractivity contribution in [3.63, 3.8) is 0 Å². The molecule has 1 aromatic heterocycles. The smallest absolute Gasteiger partial charge is 0.258 e. The highest BCUT2D eigenvalue weighted by molar-refractivity contribution is 7.89. The van der Waals surface area contributed by atoms with Crippen molar-refractivity contribution in [2.45, 2.75) is 23.9 Å². The van der Waals surface area contributed by atoms with E-state index in [1.165, 1.54) is 30.5 Å². The number of pyridine rings is 1. The summed E-state index contributed by atoms with van der Waals surface area (Å²) >= 11 is 0. The second-order valence-electron chi connectivity index (χ2n) is 5.84. The number of benzene rings is 1. The fourth-order valence-corrected chi connectivity index (χ4v) is 4.04. The van der Waals surface area contributed by atoms with Crippen LogP contribution in [0.2, 0.25) is 0 Å². The normalized spacial score (nSPS) is 16.0. The number of nitrogens with one attached hydrogen (secondary N) is 1. The molecule has 1 aliphatic rings. The molecule has 1 aromatic carbocycles. The number of carbonyl (C=O) groups excluding carboxylic acids is 1. The van der Waals surface area contributed by atoms with Crippen molar-refractivity contribution < 1.29 is 17.6 Å². The third kappa shape index (κ3) is 4.02. The van der Waals surface area contributed by atoms with Gasteiger partial charge in [0.1, 0.15) is 5.82 Å². The topological polar surface area (TPSA) is 79.4 Å². The molecule has 8 heteroatoms. The molecule has 1 N–H and O–H groups in total. The lowest BCUT2D eigenvalue weighted by atomic mass is 10.0. The SMILES string of the molecule is O=C(c1ccccc1F)N1CCC(NS(=O)(=O)c2ccccn2)CC1. The van der Waals surface area contributed by atoms with E-state index in [-0.39, 0.29) is 22.5 Å². The summed E-state index contributed by atoms with van der Waals surface area (Å²) in [6.07, 6.45) is 2.35. The molecule has 3 rings (SSSR count). The van der Waals surface area contributed by atoms with E-state index in [9.17, 15) is 17.6 Å². The van der Waals surface area contributed by atoms with Crippen LogP contribution in [0.25, 0.3) is 0 Å². The summed E-state index contributed by atoms with van der Waals surface area (Å²) in [5.74, 6) is -0.922. The number of carbonyl (C=O) groups is 1. The average molecular weight is 363 g/mol. The average Bonchev–Trinajstić information content (AvgIpc) is 2.63. The van der Waals surface area contributed by atoms with Crippen molar-refractivity contribution in [1.82, 2.24) is 14.6 Å². The van der Waals surface area contributed by atoms with Crippen LogP contribution >= 0.6 is 0 Å². The molecule has 0 radical (unpaired) electrons. The number of hydrogen-bond acceptors (Lipinski definition) is 4. The van der Waals surface area contributed by atoms with Crippen LogP contribution in [0, 0.1) is 5.82 Å². The summed E-state index contributed by atoms with van der Waals surface area (Å²) in [7, 11) is -3.68. The summed E-state index contributed by atoms with van der Waals surface area (Å²) in [6.45, 7) is 0.727. The minimum atomic E-state index is -3.68. The van der Waals surface area contributed by atoms with Gasteiger partial charge in [-0.15, -0.1) is 0 Å². The Morgan fingerprint density at radius 1 is 1.12 bits per heavy atom. The monoisotopic (exact) mass is 363 g/mol. The zero-order chi connectivity index (χ0) is 17.9. The molecular formula is C17H18FN3O3S. The molecule has 132 valence electrons. The Morgan fingerprint density at radius 2 is 1.80 bits per heavy atom. The molecule has 2 aromatic rings. The van der Waals surface area contributed by atoms with Gasteiger partial charge in [-0.1, -0.05) is 18.2 Å². The standard InChI is InChI=1S/C17H18FN3O3S/c18-15-6-2-1-5-14(15)17(22)21-11-8-13(9-12-21)20-25(23,24)16-7-3-4-10-19-16/h1-7,10,13,20H,8-9,11-12H2. The summed E-state index contributed by atoms with van der Waals surface area (Å²) in [4.78, 5) is 17.8. The first kappa shape index (κ1) is 17.5. The molecular weight excluding hydrogens is 345 g/mol. The van der Waals surface area contributed by atoms with Crippen molar-refractivity contribution in [1.29, 1.82) is 0 Å². The molecule has 0 aliphatic carbocycles. The molecule has 0 saturated carbocycles. The summed E-state index contributed by atoms with van der Waals surface area (Å²) < 4.78 is 40.9. The van der Waals surface area contributed by atoms with Crippen LogP contribution in [0.4, 0.5) is 4.39 Å². The van der Waals surface area contributed by atoms with E-state index in [0.717, 1.165) is 0 Å². The molecule has 2 heterocycles. The number of sulfonamides is 1. The maximum Gasteiger partial charge on any atom is 0.258 e. The lowest BCUT2D eigenvalue weighted by Gasteiger charge is -2.32. The molecule has 1 aliphatic heterocycles. The minimum absolute atomic E-state index is 0.0279. The van der Waals surface area contributed by atoms with Gasteiger partial charge < -0.3 is 4.90 Å². The molecule has 1 amide bonds. The van der Waals surface area contributed by atoms with Gasteiger partial charge in [0.25, 0.3) is 15.9 Å².